The SMILES string of the molecule is CC(=O)n1ncc2c3c(ccc21)C[C@@H](NC(=O)OCc1ccccc1)C(=O)N(Cc1ccccc1)C3. The van der Waals surface area contributed by atoms with Crippen molar-refractivity contribution < 1.29 is 19.1 Å². The number of hydrogen-bond acceptors (Lipinski definition) is 5. The molecule has 8 nitrogen and oxygen atoms in total. The Morgan fingerprint density at radius 1 is 1.00 bits per heavy atom. The Hall–Kier alpha value is -4.46. The second-order valence-electron chi connectivity index (χ2n) is 8.85. The summed E-state index contributed by atoms with van der Waals surface area (Å²) in [5.74, 6) is -0.379. The van der Waals surface area contributed by atoms with Crippen molar-refractivity contribution >= 4 is 28.8 Å². The van der Waals surface area contributed by atoms with Crippen molar-refractivity contribution in [1.29, 1.82) is 0 Å². The van der Waals surface area contributed by atoms with Crippen molar-refractivity contribution in [1.82, 2.24) is 20.0 Å². The Morgan fingerprint density at radius 3 is 2.39 bits per heavy atom. The van der Waals surface area contributed by atoms with Gasteiger partial charge in [0, 0.05) is 31.8 Å². The fourth-order valence-corrected chi connectivity index (χ4v) is 4.59. The van der Waals surface area contributed by atoms with Gasteiger partial charge in [0.05, 0.1) is 11.7 Å². The van der Waals surface area contributed by atoms with Gasteiger partial charge in [-0.05, 0) is 28.3 Å². The molecule has 0 saturated carbocycles. The highest BCUT2D eigenvalue weighted by molar-refractivity contribution is 5.93. The zero-order chi connectivity index (χ0) is 25.1. The van der Waals surface area contributed by atoms with Gasteiger partial charge < -0.3 is 15.0 Å². The number of carbonyl (C=O) groups excluding carboxylic acids is 3. The third kappa shape index (κ3) is 4.84. The van der Waals surface area contributed by atoms with Gasteiger partial charge in [0.15, 0.2) is 0 Å². The molecule has 0 unspecified atom stereocenters. The highest BCUT2D eigenvalue weighted by Gasteiger charge is 2.32. The second kappa shape index (κ2) is 10.0. The number of nitrogens with zero attached hydrogens (tertiary/aromatic N) is 3. The first-order valence-corrected chi connectivity index (χ1v) is 11.8. The van der Waals surface area contributed by atoms with Crippen molar-refractivity contribution in [3.05, 3.63) is 101 Å². The number of hydrogen-bond donors (Lipinski definition) is 1. The first-order chi connectivity index (χ1) is 17.5. The van der Waals surface area contributed by atoms with Crippen molar-refractivity contribution in [3.8, 4) is 0 Å². The Balaban J connectivity index is 1.44. The highest BCUT2D eigenvalue weighted by Crippen LogP contribution is 2.29. The van der Waals surface area contributed by atoms with E-state index in [-0.39, 0.29) is 18.4 Å². The van der Waals surface area contributed by atoms with Gasteiger partial charge in [-0.2, -0.15) is 5.10 Å². The molecule has 5 rings (SSSR count). The quantitative estimate of drug-likeness (QED) is 0.463. The van der Waals surface area contributed by atoms with Crippen LogP contribution in [0.3, 0.4) is 0 Å². The summed E-state index contributed by atoms with van der Waals surface area (Å²) in [6, 6.07) is 22.0. The van der Waals surface area contributed by atoms with E-state index in [9.17, 15) is 14.4 Å². The van der Waals surface area contributed by atoms with Crippen LogP contribution in [-0.2, 0) is 35.6 Å². The van der Waals surface area contributed by atoms with Crippen LogP contribution in [0, 0.1) is 0 Å². The highest BCUT2D eigenvalue weighted by atomic mass is 16.5. The number of amides is 2. The summed E-state index contributed by atoms with van der Waals surface area (Å²) in [6.45, 7) is 2.29. The van der Waals surface area contributed by atoms with E-state index in [1.54, 1.807) is 11.1 Å². The van der Waals surface area contributed by atoms with E-state index in [0.717, 1.165) is 27.6 Å². The molecule has 1 aliphatic rings. The van der Waals surface area contributed by atoms with E-state index < -0.39 is 12.1 Å². The fraction of sp³-hybridized carbons (Fsp3) is 0.214. The van der Waals surface area contributed by atoms with Crippen molar-refractivity contribution in [2.45, 2.75) is 39.1 Å². The van der Waals surface area contributed by atoms with Gasteiger partial charge in [-0.15, -0.1) is 0 Å². The number of aromatic nitrogens is 2. The van der Waals surface area contributed by atoms with Gasteiger partial charge in [0.25, 0.3) is 0 Å². The lowest BCUT2D eigenvalue weighted by Crippen LogP contribution is -2.48. The number of nitrogens with one attached hydrogen (secondary N) is 1. The van der Waals surface area contributed by atoms with Gasteiger partial charge in [0.2, 0.25) is 11.8 Å². The number of rotatable bonds is 5. The van der Waals surface area contributed by atoms with Crippen LogP contribution in [-0.4, -0.2) is 38.6 Å². The monoisotopic (exact) mass is 482 g/mol. The minimum atomic E-state index is -0.793. The Labute approximate surface area is 208 Å². The first kappa shape index (κ1) is 23.3. The molecule has 0 aliphatic carbocycles. The molecule has 0 radical (unpaired) electrons. The van der Waals surface area contributed by atoms with E-state index in [1.807, 2.05) is 72.8 Å². The van der Waals surface area contributed by atoms with Gasteiger partial charge in [0.1, 0.15) is 12.6 Å². The summed E-state index contributed by atoms with van der Waals surface area (Å²) in [4.78, 5) is 40.1. The Morgan fingerprint density at radius 2 is 1.69 bits per heavy atom. The average molecular weight is 483 g/mol. The predicted octanol–water partition coefficient (Wildman–Crippen LogP) is 4.08. The normalized spacial score (nSPS) is 15.3. The standard InChI is InChI=1S/C28H26N4O4/c1-19(33)32-26-13-12-22-14-25(30-28(35)36-18-21-10-6-3-7-11-21)27(34)31(16-20-8-4-2-5-9-20)17-24(22)23(26)15-29-32/h2-13,15,25H,14,16-18H2,1H3,(H,30,35)/t25-/m1/s1. The molecule has 8 heteroatoms. The lowest BCUT2D eigenvalue weighted by molar-refractivity contribution is -0.134. The van der Waals surface area contributed by atoms with Crippen LogP contribution in [0.25, 0.3) is 10.9 Å². The number of fused-ring (bicyclic) bond motifs is 3. The van der Waals surface area contributed by atoms with Crippen LogP contribution in [0.5, 0.6) is 0 Å². The smallest absolute Gasteiger partial charge is 0.408 e. The van der Waals surface area contributed by atoms with E-state index in [4.69, 9.17) is 4.74 Å². The van der Waals surface area contributed by atoms with Crippen LogP contribution in [0.2, 0.25) is 0 Å². The molecule has 0 spiro atoms. The number of benzene rings is 3. The van der Waals surface area contributed by atoms with Crippen LogP contribution in [0.4, 0.5) is 4.79 Å². The zero-order valence-electron chi connectivity index (χ0n) is 19.9. The van der Waals surface area contributed by atoms with E-state index in [0.29, 0.717) is 25.0 Å². The van der Waals surface area contributed by atoms with Crippen LogP contribution < -0.4 is 5.32 Å². The molecule has 36 heavy (non-hydrogen) atoms. The molecule has 4 aromatic rings. The van der Waals surface area contributed by atoms with Crippen molar-refractivity contribution in [2.75, 3.05) is 0 Å². The third-order valence-corrected chi connectivity index (χ3v) is 6.36. The molecular weight excluding hydrogens is 456 g/mol. The summed E-state index contributed by atoms with van der Waals surface area (Å²) in [7, 11) is 0. The summed E-state index contributed by atoms with van der Waals surface area (Å²) in [5, 5.41) is 7.86. The molecule has 0 fully saturated rings. The summed E-state index contributed by atoms with van der Waals surface area (Å²) in [6.07, 6.45) is 1.33. The van der Waals surface area contributed by atoms with Gasteiger partial charge in [-0.25, -0.2) is 9.48 Å². The molecular formula is C28H26N4O4. The largest absolute Gasteiger partial charge is 0.445 e. The summed E-state index contributed by atoms with van der Waals surface area (Å²) < 4.78 is 6.75. The van der Waals surface area contributed by atoms with E-state index in [2.05, 4.69) is 10.4 Å². The molecule has 2 heterocycles. The Kier molecular flexibility index (Phi) is 6.49. The first-order valence-electron chi connectivity index (χ1n) is 11.8. The molecule has 182 valence electrons. The minimum absolute atomic E-state index is 0.114. The maximum absolute atomic E-state index is 13.7. The van der Waals surface area contributed by atoms with Gasteiger partial charge >= 0.3 is 6.09 Å². The Bertz CT molecular complexity index is 1420. The molecule has 0 bridgehead atoms. The van der Waals surface area contributed by atoms with Crippen LogP contribution in [0.1, 0.15) is 34.0 Å². The third-order valence-electron chi connectivity index (χ3n) is 6.36. The topological polar surface area (TPSA) is 93.5 Å². The van der Waals surface area contributed by atoms with E-state index in [1.165, 1.54) is 11.6 Å². The molecule has 1 aliphatic heterocycles. The molecule has 0 saturated heterocycles. The molecule has 2 amide bonds. The average Bonchev–Trinajstić information content (AvgIpc) is 3.28. The zero-order valence-corrected chi connectivity index (χ0v) is 19.9. The van der Waals surface area contributed by atoms with Crippen molar-refractivity contribution in [2.24, 2.45) is 0 Å². The lowest BCUT2D eigenvalue weighted by Gasteiger charge is -2.25. The lowest BCUT2D eigenvalue weighted by atomic mass is 9.99. The van der Waals surface area contributed by atoms with Gasteiger partial charge in [-0.1, -0.05) is 66.7 Å². The predicted molar refractivity (Wildman–Crippen MR) is 134 cm³/mol. The maximum Gasteiger partial charge on any atom is 0.408 e. The van der Waals surface area contributed by atoms with Crippen LogP contribution >= 0.6 is 0 Å². The minimum Gasteiger partial charge on any atom is -0.445 e. The van der Waals surface area contributed by atoms with Crippen molar-refractivity contribution in [3.63, 3.8) is 0 Å². The number of ether oxygens (including phenoxy) is 1. The van der Waals surface area contributed by atoms with Gasteiger partial charge in [-0.3, -0.25) is 9.59 Å². The maximum atomic E-state index is 13.7. The summed E-state index contributed by atoms with van der Waals surface area (Å²) >= 11 is 0. The summed E-state index contributed by atoms with van der Waals surface area (Å²) in [5.41, 5.74) is 4.38. The van der Waals surface area contributed by atoms with Crippen LogP contribution in [0.15, 0.2) is 79.0 Å². The van der Waals surface area contributed by atoms with E-state index >= 15 is 0 Å². The number of carbonyl (C=O) groups is 3. The molecule has 1 atom stereocenters. The molecule has 3 aromatic carbocycles. The fourth-order valence-electron chi connectivity index (χ4n) is 4.59. The molecule has 1 N–H and O–H groups in total. The second-order valence-corrected chi connectivity index (χ2v) is 8.85. The molecule has 1 aromatic heterocycles. The number of alkyl carbamates (subject to hydrolysis) is 1.